The van der Waals surface area contributed by atoms with Crippen LogP contribution in [0.1, 0.15) is 6.92 Å². The summed E-state index contributed by atoms with van der Waals surface area (Å²) in [6, 6.07) is 7.34. The second-order valence-electron chi connectivity index (χ2n) is 5.30. The van der Waals surface area contributed by atoms with Gasteiger partial charge in [-0.15, -0.1) is 10.2 Å². The van der Waals surface area contributed by atoms with E-state index in [1.165, 1.54) is 14.0 Å². The number of carbonyl (C=O) groups excluding carboxylic acids is 2. The molecule has 1 atom stereocenters. The van der Waals surface area contributed by atoms with E-state index in [2.05, 4.69) is 20.3 Å². The smallest absolute Gasteiger partial charge is 0.316 e. The van der Waals surface area contributed by atoms with Crippen molar-refractivity contribution >= 4 is 55.8 Å². The van der Waals surface area contributed by atoms with Crippen molar-refractivity contribution in [1.29, 1.82) is 0 Å². The number of nitrogens with one attached hydrogen (secondary N) is 1. The monoisotopic (exact) mass is 430 g/mol. The number of ether oxygens (including phenoxy) is 1. The maximum Gasteiger partial charge on any atom is 0.316 e. The van der Waals surface area contributed by atoms with Gasteiger partial charge < -0.3 is 4.74 Å². The lowest BCUT2D eigenvalue weighted by molar-refractivity contribution is -0.137. The number of hydrogen-bond donors (Lipinski definition) is 1. The Hall–Kier alpha value is -2.18. The van der Waals surface area contributed by atoms with Crippen LogP contribution in [-0.4, -0.2) is 55.7 Å². The van der Waals surface area contributed by atoms with Crippen molar-refractivity contribution < 1.29 is 22.7 Å². The van der Waals surface area contributed by atoms with Gasteiger partial charge in [0.1, 0.15) is 6.04 Å². The molecule has 27 heavy (non-hydrogen) atoms. The molecule has 0 unspecified atom stereocenters. The number of anilines is 2. The van der Waals surface area contributed by atoms with Crippen molar-refractivity contribution in [3.63, 3.8) is 0 Å². The molecule has 0 radical (unpaired) electrons. The van der Waals surface area contributed by atoms with Crippen molar-refractivity contribution in [2.75, 3.05) is 28.7 Å². The number of hydrogen-bond acceptors (Lipinski definition) is 9. The topological polar surface area (TPSA) is 119 Å². The minimum absolute atomic E-state index is 0.0747. The van der Waals surface area contributed by atoms with Crippen molar-refractivity contribution in [2.45, 2.75) is 17.3 Å². The zero-order chi connectivity index (χ0) is 20.0. The molecule has 0 spiro atoms. The third-order valence-corrected chi connectivity index (χ3v) is 6.46. The highest BCUT2D eigenvalue weighted by Gasteiger charge is 2.29. The van der Waals surface area contributed by atoms with Crippen LogP contribution >= 0.6 is 23.1 Å². The van der Waals surface area contributed by atoms with E-state index in [0.29, 0.717) is 10.0 Å². The third-order valence-electron chi connectivity index (χ3n) is 3.28. The molecule has 1 aromatic heterocycles. The van der Waals surface area contributed by atoms with E-state index < -0.39 is 27.9 Å². The summed E-state index contributed by atoms with van der Waals surface area (Å²) in [7, 11) is -2.40. The zero-order valence-electron chi connectivity index (χ0n) is 14.8. The fourth-order valence-corrected chi connectivity index (χ4v) is 4.85. The standard InChI is InChI=1S/C15H18N4O5S3/c1-10(19(27(3,22)23)11-7-5-4-6-8-11)13(21)16-14-17-18-15(26-14)25-9-12(20)24-2/h4-8,10H,9H2,1-3H3,(H,16,17,21)/t10-/m1/s1. The van der Waals surface area contributed by atoms with Crippen LogP contribution in [0, 0.1) is 0 Å². The molecule has 1 N–H and O–H groups in total. The first-order chi connectivity index (χ1) is 12.7. The number of benzene rings is 1. The lowest BCUT2D eigenvalue weighted by Gasteiger charge is -2.27. The van der Waals surface area contributed by atoms with E-state index in [1.54, 1.807) is 30.3 Å². The molecule has 0 aliphatic rings. The van der Waals surface area contributed by atoms with Crippen LogP contribution in [0.5, 0.6) is 0 Å². The number of methoxy groups -OCH3 is 1. The second-order valence-corrected chi connectivity index (χ2v) is 9.36. The summed E-state index contributed by atoms with van der Waals surface area (Å²) >= 11 is 2.21. The van der Waals surface area contributed by atoms with Crippen LogP contribution in [0.25, 0.3) is 0 Å². The molecule has 12 heteroatoms. The van der Waals surface area contributed by atoms with Gasteiger partial charge in [-0.2, -0.15) is 0 Å². The van der Waals surface area contributed by atoms with Crippen molar-refractivity contribution in [3.8, 4) is 0 Å². The largest absolute Gasteiger partial charge is 0.468 e. The van der Waals surface area contributed by atoms with Gasteiger partial charge in [-0.25, -0.2) is 8.42 Å². The molecule has 0 aliphatic heterocycles. The second kappa shape index (κ2) is 9.15. The first-order valence-electron chi connectivity index (χ1n) is 7.61. The van der Waals surface area contributed by atoms with Crippen LogP contribution in [0.15, 0.2) is 34.7 Å². The molecule has 1 aromatic carbocycles. The Kier molecular flexibility index (Phi) is 7.16. The van der Waals surface area contributed by atoms with Gasteiger partial charge in [-0.1, -0.05) is 41.3 Å². The molecular weight excluding hydrogens is 412 g/mol. The quantitative estimate of drug-likeness (QED) is 0.381. The number of thioether (sulfide) groups is 1. The van der Waals surface area contributed by atoms with Crippen LogP contribution < -0.4 is 9.62 Å². The van der Waals surface area contributed by atoms with Gasteiger partial charge in [0, 0.05) is 0 Å². The highest BCUT2D eigenvalue weighted by Crippen LogP contribution is 2.26. The highest BCUT2D eigenvalue weighted by molar-refractivity contribution is 8.01. The Labute approximate surface area is 165 Å². The van der Waals surface area contributed by atoms with Gasteiger partial charge >= 0.3 is 5.97 Å². The van der Waals surface area contributed by atoms with Gasteiger partial charge in [-0.3, -0.25) is 19.2 Å². The molecule has 2 aromatic rings. The fourth-order valence-electron chi connectivity index (χ4n) is 2.09. The Bertz CT molecular complexity index is 901. The number of carbonyl (C=O) groups is 2. The van der Waals surface area contributed by atoms with Gasteiger partial charge in [0.25, 0.3) is 0 Å². The summed E-state index contributed by atoms with van der Waals surface area (Å²) in [5.74, 6) is -0.878. The molecule has 146 valence electrons. The molecule has 0 saturated carbocycles. The Morgan fingerprint density at radius 3 is 2.56 bits per heavy atom. The lowest BCUT2D eigenvalue weighted by atomic mass is 10.2. The maximum atomic E-state index is 12.5. The summed E-state index contributed by atoms with van der Waals surface area (Å²) in [6.45, 7) is 1.48. The van der Waals surface area contributed by atoms with Crippen molar-refractivity contribution in [2.24, 2.45) is 0 Å². The number of sulfonamides is 1. The Morgan fingerprint density at radius 2 is 1.96 bits per heavy atom. The molecule has 0 saturated heterocycles. The lowest BCUT2D eigenvalue weighted by Crippen LogP contribution is -2.45. The minimum Gasteiger partial charge on any atom is -0.468 e. The predicted molar refractivity (Wildman–Crippen MR) is 105 cm³/mol. The number of rotatable bonds is 8. The normalized spacial score (nSPS) is 12.3. The summed E-state index contributed by atoms with van der Waals surface area (Å²) in [5, 5.41) is 10.5. The molecule has 0 bridgehead atoms. The maximum absolute atomic E-state index is 12.5. The molecular formula is C15H18N4O5S3. The van der Waals surface area contributed by atoms with Gasteiger partial charge in [0.15, 0.2) is 4.34 Å². The average Bonchev–Trinajstić information content (AvgIpc) is 3.06. The average molecular weight is 431 g/mol. The van der Waals surface area contributed by atoms with Gasteiger partial charge in [0.2, 0.25) is 21.1 Å². The number of amides is 1. The fraction of sp³-hybridized carbons (Fsp3) is 0.333. The number of para-hydroxylation sites is 1. The highest BCUT2D eigenvalue weighted by atomic mass is 32.2. The molecule has 1 heterocycles. The minimum atomic E-state index is -3.69. The molecule has 1 amide bonds. The Balaban J connectivity index is 2.10. The number of nitrogens with zero attached hydrogens (tertiary/aromatic N) is 3. The molecule has 9 nitrogen and oxygen atoms in total. The van der Waals surface area contributed by atoms with Crippen LogP contribution in [-0.2, 0) is 24.3 Å². The summed E-state index contributed by atoms with van der Waals surface area (Å²) < 4.78 is 30.4. The van der Waals surface area contributed by atoms with E-state index in [4.69, 9.17) is 0 Å². The van der Waals surface area contributed by atoms with Crippen LogP contribution in [0.3, 0.4) is 0 Å². The Morgan fingerprint density at radius 1 is 1.30 bits per heavy atom. The zero-order valence-corrected chi connectivity index (χ0v) is 17.2. The third kappa shape index (κ3) is 5.91. The summed E-state index contributed by atoms with van der Waals surface area (Å²) in [5.41, 5.74) is 0.384. The molecule has 0 aliphatic carbocycles. The first kappa shape index (κ1) is 21.1. The predicted octanol–water partition coefficient (Wildman–Crippen LogP) is 1.60. The van der Waals surface area contributed by atoms with E-state index in [-0.39, 0.29) is 10.9 Å². The number of aromatic nitrogens is 2. The van der Waals surface area contributed by atoms with E-state index in [0.717, 1.165) is 33.7 Å². The van der Waals surface area contributed by atoms with Gasteiger partial charge in [0.05, 0.1) is 24.8 Å². The first-order valence-corrected chi connectivity index (χ1v) is 11.3. The van der Waals surface area contributed by atoms with E-state index in [1.807, 2.05) is 0 Å². The van der Waals surface area contributed by atoms with Crippen LogP contribution in [0.4, 0.5) is 10.8 Å². The SMILES string of the molecule is COC(=O)CSc1nnc(NC(=O)[C@@H](C)N(c2ccccc2)S(C)(=O)=O)s1. The van der Waals surface area contributed by atoms with Crippen molar-refractivity contribution in [3.05, 3.63) is 30.3 Å². The molecule has 0 fully saturated rings. The van der Waals surface area contributed by atoms with Crippen molar-refractivity contribution in [1.82, 2.24) is 10.2 Å². The summed E-state index contributed by atoms with van der Waals surface area (Å²) in [4.78, 5) is 23.7. The molecule has 2 rings (SSSR count). The van der Waals surface area contributed by atoms with E-state index >= 15 is 0 Å². The van der Waals surface area contributed by atoms with Crippen LogP contribution in [0.2, 0.25) is 0 Å². The van der Waals surface area contributed by atoms with Gasteiger partial charge in [-0.05, 0) is 19.1 Å². The summed E-state index contributed by atoms with van der Waals surface area (Å²) in [6.07, 6.45) is 1.04. The number of esters is 1. The van der Waals surface area contributed by atoms with E-state index in [9.17, 15) is 18.0 Å².